The predicted octanol–water partition coefficient (Wildman–Crippen LogP) is 6.64. The van der Waals surface area contributed by atoms with Crippen molar-refractivity contribution in [3.63, 3.8) is 0 Å². The van der Waals surface area contributed by atoms with Gasteiger partial charge in [0.2, 0.25) is 0 Å². The molecule has 0 aliphatic carbocycles. The monoisotopic (exact) mass is 423 g/mol. The molecule has 2 aromatic carbocycles. The quantitative estimate of drug-likeness (QED) is 0.454. The number of nitrogens with zero attached hydrogens (tertiary/aromatic N) is 2. The first-order valence-corrected chi connectivity index (χ1v) is 10.8. The van der Waals surface area contributed by atoms with Crippen LogP contribution in [0.2, 0.25) is 5.02 Å². The number of hydrogen-bond acceptors (Lipinski definition) is 1. The van der Waals surface area contributed by atoms with Crippen LogP contribution in [0.5, 0.6) is 0 Å². The Morgan fingerprint density at radius 1 is 1.10 bits per heavy atom. The third kappa shape index (κ3) is 5.06. The Morgan fingerprint density at radius 2 is 1.87 bits per heavy atom. The summed E-state index contributed by atoms with van der Waals surface area (Å²) in [5.41, 5.74) is 5.26. The molecule has 0 saturated carbocycles. The van der Waals surface area contributed by atoms with Crippen LogP contribution in [-0.2, 0) is 13.1 Å². The van der Waals surface area contributed by atoms with Gasteiger partial charge in [-0.3, -0.25) is 0 Å². The number of amides is 2. The van der Waals surface area contributed by atoms with Gasteiger partial charge in [-0.25, -0.2) is 4.79 Å². The molecule has 1 heterocycles. The fourth-order valence-corrected chi connectivity index (χ4v) is 3.65. The van der Waals surface area contributed by atoms with Crippen LogP contribution < -0.4 is 5.32 Å². The Balaban J connectivity index is 1.81. The Bertz CT molecular complexity index is 1010. The molecular weight excluding hydrogens is 394 g/mol. The summed E-state index contributed by atoms with van der Waals surface area (Å²) in [4.78, 5) is 15.1. The smallest absolute Gasteiger partial charge is 0.322 e. The Hall–Kier alpha value is -2.72. The van der Waals surface area contributed by atoms with Crippen LogP contribution in [0.1, 0.15) is 42.7 Å². The number of rotatable bonds is 7. The van der Waals surface area contributed by atoms with Gasteiger partial charge >= 0.3 is 6.03 Å². The summed E-state index contributed by atoms with van der Waals surface area (Å²) in [5, 5.41) is 3.87. The zero-order chi connectivity index (χ0) is 21.7. The van der Waals surface area contributed by atoms with E-state index in [1.165, 1.54) is 0 Å². The van der Waals surface area contributed by atoms with Crippen molar-refractivity contribution < 1.29 is 4.79 Å². The van der Waals surface area contributed by atoms with E-state index in [1.54, 1.807) is 0 Å². The number of hydrogen-bond donors (Lipinski definition) is 1. The minimum absolute atomic E-state index is 0.0801. The van der Waals surface area contributed by atoms with Crippen molar-refractivity contribution in [3.05, 3.63) is 88.2 Å². The van der Waals surface area contributed by atoms with Gasteiger partial charge < -0.3 is 14.8 Å². The van der Waals surface area contributed by atoms with Crippen LogP contribution in [0.3, 0.4) is 0 Å². The van der Waals surface area contributed by atoms with Crippen LogP contribution in [0, 0.1) is 13.8 Å². The van der Waals surface area contributed by atoms with E-state index >= 15 is 0 Å². The van der Waals surface area contributed by atoms with Crippen molar-refractivity contribution in [1.29, 1.82) is 0 Å². The van der Waals surface area contributed by atoms with E-state index in [0.717, 1.165) is 39.5 Å². The molecule has 0 spiro atoms. The number of aromatic nitrogens is 1. The maximum atomic E-state index is 13.2. The van der Waals surface area contributed by atoms with Crippen LogP contribution in [-0.4, -0.2) is 21.5 Å². The summed E-state index contributed by atoms with van der Waals surface area (Å²) in [5.74, 6) is 0. The molecule has 1 atom stereocenters. The number of carbonyl (C=O) groups is 1. The molecular formula is C25H30ClN3O. The van der Waals surface area contributed by atoms with E-state index in [0.29, 0.717) is 13.1 Å². The van der Waals surface area contributed by atoms with Gasteiger partial charge in [0.1, 0.15) is 0 Å². The number of anilines is 1. The lowest BCUT2D eigenvalue weighted by molar-refractivity contribution is 0.185. The molecule has 0 aliphatic rings. The third-order valence-electron chi connectivity index (χ3n) is 5.78. The molecule has 30 heavy (non-hydrogen) atoms. The van der Waals surface area contributed by atoms with Gasteiger partial charge in [-0.05, 0) is 68.1 Å². The zero-order valence-electron chi connectivity index (χ0n) is 18.2. The number of aryl methyl sites for hydroxylation is 1. The molecule has 5 heteroatoms. The normalized spacial score (nSPS) is 11.9. The fraction of sp³-hybridized carbons (Fsp3) is 0.320. The Labute approximate surface area is 184 Å². The van der Waals surface area contributed by atoms with E-state index in [1.807, 2.05) is 60.5 Å². The molecule has 4 nitrogen and oxygen atoms in total. The summed E-state index contributed by atoms with van der Waals surface area (Å²) < 4.78 is 2.15. The molecule has 2 amide bonds. The van der Waals surface area contributed by atoms with Gasteiger partial charge in [0.05, 0.1) is 6.54 Å². The van der Waals surface area contributed by atoms with E-state index < -0.39 is 0 Å². The van der Waals surface area contributed by atoms with Gasteiger partial charge in [-0.15, -0.1) is 0 Å². The van der Waals surface area contributed by atoms with Gasteiger partial charge in [-0.1, -0.05) is 48.9 Å². The summed E-state index contributed by atoms with van der Waals surface area (Å²) >= 11 is 6.35. The molecule has 1 N–H and O–H groups in total. The molecule has 1 aromatic heterocycles. The second-order valence-electron chi connectivity index (χ2n) is 7.78. The van der Waals surface area contributed by atoms with Crippen LogP contribution in [0.15, 0.2) is 60.8 Å². The van der Waals surface area contributed by atoms with Crippen molar-refractivity contribution in [2.45, 2.75) is 53.2 Å². The van der Waals surface area contributed by atoms with E-state index in [4.69, 9.17) is 11.6 Å². The second kappa shape index (κ2) is 9.86. The second-order valence-corrected chi connectivity index (χ2v) is 8.19. The fourth-order valence-electron chi connectivity index (χ4n) is 3.45. The molecule has 3 rings (SSSR count). The molecule has 0 bridgehead atoms. The molecule has 3 aromatic rings. The highest BCUT2D eigenvalue weighted by atomic mass is 35.5. The highest BCUT2D eigenvalue weighted by Gasteiger charge is 2.21. The number of nitrogens with one attached hydrogen (secondary N) is 1. The van der Waals surface area contributed by atoms with Gasteiger partial charge in [0, 0.05) is 35.2 Å². The predicted molar refractivity (Wildman–Crippen MR) is 125 cm³/mol. The lowest BCUT2D eigenvalue weighted by Gasteiger charge is -2.29. The Morgan fingerprint density at radius 3 is 2.60 bits per heavy atom. The highest BCUT2D eigenvalue weighted by Crippen LogP contribution is 2.21. The molecule has 158 valence electrons. The third-order valence-corrected chi connectivity index (χ3v) is 6.15. The lowest BCUT2D eigenvalue weighted by Crippen LogP contribution is -2.41. The molecule has 0 aliphatic heterocycles. The summed E-state index contributed by atoms with van der Waals surface area (Å²) in [7, 11) is 0. The largest absolute Gasteiger partial charge is 0.345 e. The topological polar surface area (TPSA) is 37.3 Å². The minimum atomic E-state index is -0.0801. The van der Waals surface area contributed by atoms with Crippen LogP contribution in [0.25, 0.3) is 0 Å². The zero-order valence-corrected chi connectivity index (χ0v) is 18.9. The van der Waals surface area contributed by atoms with Crippen molar-refractivity contribution in [2.24, 2.45) is 0 Å². The van der Waals surface area contributed by atoms with Crippen molar-refractivity contribution >= 4 is 23.3 Å². The molecule has 0 unspecified atom stereocenters. The number of urea groups is 1. The number of benzene rings is 2. The van der Waals surface area contributed by atoms with Crippen molar-refractivity contribution in [1.82, 2.24) is 9.47 Å². The van der Waals surface area contributed by atoms with E-state index in [9.17, 15) is 4.79 Å². The Kier molecular flexibility index (Phi) is 7.22. The average Bonchev–Trinajstić information content (AvgIpc) is 3.17. The van der Waals surface area contributed by atoms with Crippen molar-refractivity contribution in [2.75, 3.05) is 5.32 Å². The summed E-state index contributed by atoms with van der Waals surface area (Å²) in [6, 6.07) is 18.0. The first-order chi connectivity index (χ1) is 14.4. The lowest BCUT2D eigenvalue weighted by atomic mass is 10.1. The average molecular weight is 424 g/mol. The van der Waals surface area contributed by atoms with Gasteiger partial charge in [0.25, 0.3) is 0 Å². The first kappa shape index (κ1) is 22.0. The summed E-state index contributed by atoms with van der Waals surface area (Å²) in [6.45, 7) is 9.49. The maximum absolute atomic E-state index is 13.2. The SMILES string of the molecule is CC[C@@H](C)N(Cc1cccn1Cc1ccccc1Cl)C(=O)Nc1cccc(C)c1C. The highest BCUT2D eigenvalue weighted by molar-refractivity contribution is 6.31. The van der Waals surface area contributed by atoms with E-state index in [2.05, 4.69) is 42.8 Å². The first-order valence-electron chi connectivity index (χ1n) is 10.4. The molecule has 0 saturated heterocycles. The molecule has 0 fully saturated rings. The van der Waals surface area contributed by atoms with Gasteiger partial charge in [0.15, 0.2) is 0 Å². The van der Waals surface area contributed by atoms with Gasteiger partial charge in [-0.2, -0.15) is 0 Å². The van der Waals surface area contributed by atoms with Crippen molar-refractivity contribution in [3.8, 4) is 0 Å². The minimum Gasteiger partial charge on any atom is -0.345 e. The number of halogens is 1. The number of carbonyl (C=O) groups excluding carboxylic acids is 1. The molecule has 0 radical (unpaired) electrons. The van der Waals surface area contributed by atoms with E-state index in [-0.39, 0.29) is 12.1 Å². The van der Waals surface area contributed by atoms with Crippen LogP contribution in [0.4, 0.5) is 10.5 Å². The maximum Gasteiger partial charge on any atom is 0.322 e. The standard InChI is InChI=1S/C25H30ClN3O/c1-5-19(3)29(25(30)27-24-14-8-10-18(2)20(24)4)17-22-12-9-15-28(22)16-21-11-6-7-13-23(21)26/h6-15,19H,5,16-17H2,1-4H3,(H,27,30)/t19-/m1/s1. The summed E-state index contributed by atoms with van der Waals surface area (Å²) in [6.07, 6.45) is 2.92. The van der Waals surface area contributed by atoms with Crippen LogP contribution >= 0.6 is 11.6 Å².